The van der Waals surface area contributed by atoms with Gasteiger partial charge in [-0.15, -0.1) is 0 Å². The maximum absolute atomic E-state index is 12.3. The highest BCUT2D eigenvalue weighted by atomic mass is 16.5. The number of esters is 1. The molecule has 0 aliphatic rings. The standard InChI is InChI=1S/C19H30O2/c1-5-7-11-16(6-2)15-21-18(20)19(3,4)14-17-12-9-8-10-13-17/h8-10,12-13,16H,5-7,11,14-15H2,1-4H3. The van der Waals surface area contributed by atoms with E-state index in [-0.39, 0.29) is 5.97 Å². The zero-order chi connectivity index (χ0) is 15.7. The summed E-state index contributed by atoms with van der Waals surface area (Å²) in [6, 6.07) is 10.1. The first kappa shape index (κ1) is 17.7. The van der Waals surface area contributed by atoms with E-state index >= 15 is 0 Å². The molecule has 0 saturated carbocycles. The number of ether oxygens (including phenoxy) is 1. The average molecular weight is 290 g/mol. The van der Waals surface area contributed by atoms with Gasteiger partial charge in [-0.1, -0.05) is 63.4 Å². The molecule has 0 aromatic heterocycles. The van der Waals surface area contributed by atoms with E-state index in [4.69, 9.17) is 4.74 Å². The van der Waals surface area contributed by atoms with Crippen molar-refractivity contribution >= 4 is 5.97 Å². The predicted octanol–water partition coefficient (Wildman–Crippen LogP) is 5.01. The van der Waals surface area contributed by atoms with Crippen molar-refractivity contribution in [3.63, 3.8) is 0 Å². The molecule has 118 valence electrons. The molecule has 1 aromatic carbocycles. The van der Waals surface area contributed by atoms with Crippen LogP contribution in [0.5, 0.6) is 0 Å². The number of hydrogen-bond acceptors (Lipinski definition) is 2. The average Bonchev–Trinajstić information content (AvgIpc) is 2.47. The Kier molecular flexibility index (Phi) is 7.49. The van der Waals surface area contributed by atoms with Crippen LogP contribution in [0, 0.1) is 11.3 Å². The molecule has 0 heterocycles. The number of carbonyl (C=O) groups excluding carboxylic acids is 1. The molecule has 0 spiro atoms. The van der Waals surface area contributed by atoms with Gasteiger partial charge >= 0.3 is 5.97 Å². The van der Waals surface area contributed by atoms with Gasteiger partial charge in [0, 0.05) is 0 Å². The van der Waals surface area contributed by atoms with E-state index in [0.29, 0.717) is 12.5 Å². The van der Waals surface area contributed by atoms with Crippen LogP contribution >= 0.6 is 0 Å². The van der Waals surface area contributed by atoms with Crippen LogP contribution in [0.4, 0.5) is 0 Å². The van der Waals surface area contributed by atoms with Crippen LogP contribution in [-0.2, 0) is 16.0 Å². The first-order valence-electron chi connectivity index (χ1n) is 8.20. The number of rotatable bonds is 9. The fourth-order valence-corrected chi connectivity index (χ4v) is 2.47. The molecule has 0 bridgehead atoms. The van der Waals surface area contributed by atoms with Crippen LogP contribution in [0.15, 0.2) is 30.3 Å². The maximum atomic E-state index is 12.3. The SMILES string of the molecule is CCCCC(CC)COC(=O)C(C)(C)Cc1ccccc1. The molecular formula is C19H30O2. The normalized spacial score (nSPS) is 13.0. The Morgan fingerprint density at radius 2 is 1.86 bits per heavy atom. The lowest BCUT2D eigenvalue weighted by Gasteiger charge is -2.24. The van der Waals surface area contributed by atoms with Crippen molar-refractivity contribution in [3.05, 3.63) is 35.9 Å². The number of hydrogen-bond donors (Lipinski definition) is 0. The third-order valence-electron chi connectivity index (χ3n) is 4.03. The number of benzene rings is 1. The Labute approximate surface area is 129 Å². The Balaban J connectivity index is 2.49. The second kappa shape index (κ2) is 8.86. The van der Waals surface area contributed by atoms with Gasteiger partial charge in [0.05, 0.1) is 12.0 Å². The van der Waals surface area contributed by atoms with E-state index in [2.05, 4.69) is 26.0 Å². The minimum absolute atomic E-state index is 0.0821. The second-order valence-corrected chi connectivity index (χ2v) is 6.56. The molecule has 1 unspecified atom stereocenters. The highest BCUT2D eigenvalue weighted by Crippen LogP contribution is 2.24. The molecule has 21 heavy (non-hydrogen) atoms. The summed E-state index contributed by atoms with van der Waals surface area (Å²) in [5.74, 6) is 0.419. The zero-order valence-electron chi connectivity index (χ0n) is 14.0. The number of unbranched alkanes of at least 4 members (excludes halogenated alkanes) is 1. The molecule has 0 N–H and O–H groups in total. The summed E-state index contributed by atoms with van der Waals surface area (Å²) in [4.78, 5) is 12.3. The fourth-order valence-electron chi connectivity index (χ4n) is 2.47. The largest absolute Gasteiger partial charge is 0.465 e. The van der Waals surface area contributed by atoms with Gasteiger partial charge in [-0.25, -0.2) is 0 Å². The van der Waals surface area contributed by atoms with Crippen molar-refractivity contribution < 1.29 is 9.53 Å². The lowest BCUT2D eigenvalue weighted by molar-refractivity contribution is -0.155. The molecule has 2 nitrogen and oxygen atoms in total. The molecule has 1 aromatic rings. The van der Waals surface area contributed by atoms with Gasteiger partial charge in [0.1, 0.15) is 0 Å². The van der Waals surface area contributed by atoms with Gasteiger partial charge in [-0.2, -0.15) is 0 Å². The molecule has 2 heteroatoms. The van der Waals surface area contributed by atoms with Gasteiger partial charge in [0.2, 0.25) is 0 Å². The van der Waals surface area contributed by atoms with E-state index in [1.54, 1.807) is 0 Å². The van der Waals surface area contributed by atoms with Gasteiger partial charge in [0.25, 0.3) is 0 Å². The molecule has 0 amide bonds. The first-order valence-corrected chi connectivity index (χ1v) is 8.20. The summed E-state index contributed by atoms with van der Waals surface area (Å²) in [5, 5.41) is 0. The van der Waals surface area contributed by atoms with Crippen molar-refractivity contribution in [2.45, 2.75) is 59.8 Å². The Morgan fingerprint density at radius 1 is 1.19 bits per heavy atom. The Morgan fingerprint density at radius 3 is 2.43 bits per heavy atom. The highest BCUT2D eigenvalue weighted by molar-refractivity contribution is 5.76. The van der Waals surface area contributed by atoms with Crippen molar-refractivity contribution in [3.8, 4) is 0 Å². The predicted molar refractivity (Wildman–Crippen MR) is 88.2 cm³/mol. The fraction of sp³-hybridized carbons (Fsp3) is 0.632. The van der Waals surface area contributed by atoms with E-state index in [0.717, 1.165) is 19.3 Å². The van der Waals surface area contributed by atoms with E-state index in [1.165, 1.54) is 18.4 Å². The van der Waals surface area contributed by atoms with Gasteiger partial charge < -0.3 is 4.74 Å². The summed E-state index contributed by atoms with van der Waals surface area (Å²) in [7, 11) is 0. The van der Waals surface area contributed by atoms with Crippen LogP contribution < -0.4 is 0 Å². The zero-order valence-corrected chi connectivity index (χ0v) is 14.0. The van der Waals surface area contributed by atoms with Crippen LogP contribution in [0.3, 0.4) is 0 Å². The third kappa shape index (κ3) is 6.33. The summed E-state index contributed by atoms with van der Waals surface area (Å²) in [6.45, 7) is 8.86. The van der Waals surface area contributed by atoms with Crippen molar-refractivity contribution in [2.75, 3.05) is 6.61 Å². The van der Waals surface area contributed by atoms with Crippen LogP contribution in [-0.4, -0.2) is 12.6 Å². The molecule has 1 atom stereocenters. The molecule has 0 fully saturated rings. The third-order valence-corrected chi connectivity index (χ3v) is 4.03. The van der Waals surface area contributed by atoms with Gasteiger partial charge in [-0.05, 0) is 38.2 Å². The van der Waals surface area contributed by atoms with Gasteiger partial charge in [0.15, 0.2) is 0 Å². The summed E-state index contributed by atoms with van der Waals surface area (Å²) in [6.07, 6.45) is 5.36. The van der Waals surface area contributed by atoms with Crippen LogP contribution in [0.2, 0.25) is 0 Å². The molecular weight excluding hydrogens is 260 g/mol. The Bertz CT molecular complexity index is 409. The first-order chi connectivity index (χ1) is 9.99. The van der Waals surface area contributed by atoms with Crippen LogP contribution in [0.25, 0.3) is 0 Å². The maximum Gasteiger partial charge on any atom is 0.311 e. The minimum Gasteiger partial charge on any atom is -0.465 e. The molecule has 1 rings (SSSR count). The van der Waals surface area contributed by atoms with Crippen molar-refractivity contribution in [1.29, 1.82) is 0 Å². The quantitative estimate of drug-likeness (QED) is 0.597. The summed E-state index contributed by atoms with van der Waals surface area (Å²) in [5.41, 5.74) is 0.710. The lowest BCUT2D eigenvalue weighted by Crippen LogP contribution is -2.30. The van der Waals surface area contributed by atoms with Crippen molar-refractivity contribution in [1.82, 2.24) is 0 Å². The van der Waals surface area contributed by atoms with Gasteiger partial charge in [-0.3, -0.25) is 4.79 Å². The molecule has 0 aliphatic heterocycles. The highest BCUT2D eigenvalue weighted by Gasteiger charge is 2.30. The molecule has 0 aliphatic carbocycles. The summed E-state index contributed by atoms with van der Waals surface area (Å²) < 4.78 is 5.59. The van der Waals surface area contributed by atoms with E-state index in [1.807, 2.05) is 32.0 Å². The Hall–Kier alpha value is -1.31. The second-order valence-electron chi connectivity index (χ2n) is 6.56. The molecule has 0 radical (unpaired) electrons. The van der Waals surface area contributed by atoms with Crippen molar-refractivity contribution in [2.24, 2.45) is 11.3 Å². The summed E-state index contributed by atoms with van der Waals surface area (Å²) >= 11 is 0. The molecule has 0 saturated heterocycles. The van der Waals surface area contributed by atoms with E-state index < -0.39 is 5.41 Å². The smallest absolute Gasteiger partial charge is 0.311 e. The monoisotopic (exact) mass is 290 g/mol. The lowest BCUT2D eigenvalue weighted by atomic mass is 9.86. The number of carbonyl (C=O) groups is 1. The van der Waals surface area contributed by atoms with Crippen LogP contribution in [0.1, 0.15) is 58.9 Å². The topological polar surface area (TPSA) is 26.3 Å². The van der Waals surface area contributed by atoms with E-state index in [9.17, 15) is 4.79 Å². The minimum atomic E-state index is -0.468.